The van der Waals surface area contributed by atoms with E-state index in [1.165, 1.54) is 19.3 Å². The van der Waals surface area contributed by atoms with Crippen LogP contribution < -0.4 is 0 Å². The molecule has 1 aliphatic heterocycles. The standard InChI is InChI=1S/C12H20O2/c1-9-11(7-8-14-9)12(13)10-5-3-2-4-6-10/h9-11H,2-8H2,1H3. The summed E-state index contributed by atoms with van der Waals surface area (Å²) < 4.78 is 5.46. The molecule has 2 unspecified atom stereocenters. The quantitative estimate of drug-likeness (QED) is 0.678. The molecule has 1 saturated heterocycles. The van der Waals surface area contributed by atoms with Crippen molar-refractivity contribution < 1.29 is 9.53 Å². The molecular formula is C12H20O2. The van der Waals surface area contributed by atoms with Gasteiger partial charge in [-0.1, -0.05) is 19.3 Å². The van der Waals surface area contributed by atoms with Gasteiger partial charge in [-0.25, -0.2) is 0 Å². The van der Waals surface area contributed by atoms with Gasteiger partial charge >= 0.3 is 0 Å². The molecule has 80 valence electrons. The van der Waals surface area contributed by atoms with Crippen LogP contribution >= 0.6 is 0 Å². The van der Waals surface area contributed by atoms with Crippen LogP contribution in [0.4, 0.5) is 0 Å². The highest BCUT2D eigenvalue weighted by Crippen LogP contribution is 2.31. The van der Waals surface area contributed by atoms with Gasteiger partial charge in [0.15, 0.2) is 0 Å². The summed E-state index contributed by atoms with van der Waals surface area (Å²) in [6, 6.07) is 0. The average molecular weight is 196 g/mol. The summed E-state index contributed by atoms with van der Waals surface area (Å²) in [7, 11) is 0. The Hall–Kier alpha value is -0.370. The second-order valence-electron chi connectivity index (χ2n) is 4.71. The van der Waals surface area contributed by atoms with Crippen LogP contribution in [0.3, 0.4) is 0 Å². The zero-order valence-corrected chi connectivity index (χ0v) is 9.00. The summed E-state index contributed by atoms with van der Waals surface area (Å²) in [5.74, 6) is 1.06. The summed E-state index contributed by atoms with van der Waals surface area (Å²) in [4.78, 5) is 12.1. The Balaban J connectivity index is 1.92. The van der Waals surface area contributed by atoms with Crippen molar-refractivity contribution in [3.05, 3.63) is 0 Å². The van der Waals surface area contributed by atoms with Gasteiger partial charge in [-0.15, -0.1) is 0 Å². The zero-order chi connectivity index (χ0) is 9.97. The smallest absolute Gasteiger partial charge is 0.141 e. The lowest BCUT2D eigenvalue weighted by Gasteiger charge is -2.24. The number of ketones is 1. The SMILES string of the molecule is CC1OCCC1C(=O)C1CCCCC1. The summed E-state index contributed by atoms with van der Waals surface area (Å²) in [5, 5.41) is 0. The third kappa shape index (κ3) is 2.00. The Morgan fingerprint density at radius 1 is 1.14 bits per heavy atom. The van der Waals surface area contributed by atoms with Gasteiger partial charge in [-0.2, -0.15) is 0 Å². The summed E-state index contributed by atoms with van der Waals surface area (Å²) >= 11 is 0. The van der Waals surface area contributed by atoms with E-state index in [2.05, 4.69) is 0 Å². The number of hydrogen-bond donors (Lipinski definition) is 0. The molecule has 2 aliphatic rings. The van der Waals surface area contributed by atoms with Gasteiger partial charge in [0.25, 0.3) is 0 Å². The molecule has 0 amide bonds. The van der Waals surface area contributed by atoms with E-state index in [9.17, 15) is 4.79 Å². The second kappa shape index (κ2) is 4.43. The van der Waals surface area contributed by atoms with E-state index in [1.54, 1.807) is 0 Å². The molecule has 1 heterocycles. The highest BCUT2D eigenvalue weighted by Gasteiger charge is 2.35. The minimum Gasteiger partial charge on any atom is -0.378 e. The number of hydrogen-bond acceptors (Lipinski definition) is 2. The van der Waals surface area contributed by atoms with Gasteiger partial charge in [0.05, 0.1) is 6.10 Å². The van der Waals surface area contributed by atoms with Crippen molar-refractivity contribution in [3.63, 3.8) is 0 Å². The molecule has 1 saturated carbocycles. The van der Waals surface area contributed by atoms with Crippen molar-refractivity contribution in [2.24, 2.45) is 11.8 Å². The van der Waals surface area contributed by atoms with E-state index < -0.39 is 0 Å². The van der Waals surface area contributed by atoms with Crippen LogP contribution in [0.25, 0.3) is 0 Å². The Morgan fingerprint density at radius 2 is 1.86 bits per heavy atom. The van der Waals surface area contributed by atoms with Crippen LogP contribution in [0.1, 0.15) is 45.4 Å². The van der Waals surface area contributed by atoms with Crippen molar-refractivity contribution in [2.45, 2.75) is 51.6 Å². The number of ether oxygens (including phenoxy) is 1. The van der Waals surface area contributed by atoms with Gasteiger partial charge < -0.3 is 4.74 Å². The molecule has 0 aromatic heterocycles. The first kappa shape index (κ1) is 10.2. The first-order valence-corrected chi connectivity index (χ1v) is 5.94. The first-order valence-electron chi connectivity index (χ1n) is 5.94. The van der Waals surface area contributed by atoms with Gasteiger partial charge in [0.1, 0.15) is 5.78 Å². The maximum absolute atomic E-state index is 12.1. The van der Waals surface area contributed by atoms with Crippen molar-refractivity contribution in [2.75, 3.05) is 6.61 Å². The number of Topliss-reactive ketones (excluding diaryl/α,β-unsaturated/α-hetero) is 1. The highest BCUT2D eigenvalue weighted by atomic mass is 16.5. The van der Waals surface area contributed by atoms with Gasteiger partial charge in [0, 0.05) is 18.4 Å². The Labute approximate surface area is 86.0 Å². The molecule has 2 fully saturated rings. The van der Waals surface area contributed by atoms with Gasteiger partial charge in [0.2, 0.25) is 0 Å². The lowest BCUT2D eigenvalue weighted by Crippen LogP contribution is -2.29. The van der Waals surface area contributed by atoms with E-state index in [-0.39, 0.29) is 12.0 Å². The molecule has 2 heteroatoms. The number of rotatable bonds is 2. The first-order chi connectivity index (χ1) is 6.79. The van der Waals surface area contributed by atoms with Crippen LogP contribution in [0, 0.1) is 11.8 Å². The third-order valence-corrected chi connectivity index (χ3v) is 3.75. The monoisotopic (exact) mass is 196 g/mol. The maximum atomic E-state index is 12.1. The lowest BCUT2D eigenvalue weighted by molar-refractivity contribution is -0.129. The topological polar surface area (TPSA) is 26.3 Å². The molecule has 0 radical (unpaired) electrons. The minimum atomic E-state index is 0.171. The third-order valence-electron chi connectivity index (χ3n) is 3.75. The van der Waals surface area contributed by atoms with Crippen molar-refractivity contribution >= 4 is 5.78 Å². The van der Waals surface area contributed by atoms with E-state index in [0.29, 0.717) is 11.7 Å². The highest BCUT2D eigenvalue weighted by molar-refractivity contribution is 5.84. The van der Waals surface area contributed by atoms with Gasteiger partial charge in [-0.3, -0.25) is 4.79 Å². The van der Waals surface area contributed by atoms with Crippen molar-refractivity contribution in [1.82, 2.24) is 0 Å². The Morgan fingerprint density at radius 3 is 2.43 bits per heavy atom. The zero-order valence-electron chi connectivity index (χ0n) is 9.00. The van der Waals surface area contributed by atoms with E-state index >= 15 is 0 Å². The van der Waals surface area contributed by atoms with Crippen LogP contribution in [0.15, 0.2) is 0 Å². The number of carbonyl (C=O) groups is 1. The molecule has 0 spiro atoms. The molecule has 2 rings (SSSR count). The normalized spacial score (nSPS) is 34.6. The molecule has 0 bridgehead atoms. The summed E-state index contributed by atoms with van der Waals surface area (Å²) in [5.41, 5.74) is 0. The average Bonchev–Trinajstić information content (AvgIpc) is 2.65. The molecule has 0 aromatic rings. The molecule has 0 aromatic carbocycles. The van der Waals surface area contributed by atoms with Crippen molar-refractivity contribution in [1.29, 1.82) is 0 Å². The molecule has 2 nitrogen and oxygen atoms in total. The lowest BCUT2D eigenvalue weighted by atomic mass is 9.80. The van der Waals surface area contributed by atoms with Crippen LogP contribution in [-0.2, 0) is 9.53 Å². The van der Waals surface area contributed by atoms with Gasteiger partial charge in [-0.05, 0) is 26.2 Å². The molecule has 14 heavy (non-hydrogen) atoms. The predicted molar refractivity (Wildman–Crippen MR) is 55.1 cm³/mol. The molecule has 1 aliphatic carbocycles. The fraction of sp³-hybridized carbons (Fsp3) is 0.917. The van der Waals surface area contributed by atoms with Crippen molar-refractivity contribution in [3.8, 4) is 0 Å². The fourth-order valence-electron chi connectivity index (χ4n) is 2.80. The molecule has 2 atom stereocenters. The van der Waals surface area contributed by atoms with E-state index in [4.69, 9.17) is 4.74 Å². The Bertz CT molecular complexity index is 206. The maximum Gasteiger partial charge on any atom is 0.141 e. The molecular weight excluding hydrogens is 176 g/mol. The minimum absolute atomic E-state index is 0.171. The van der Waals surface area contributed by atoms with Crippen LogP contribution in [0.5, 0.6) is 0 Å². The molecule has 0 N–H and O–H groups in total. The van der Waals surface area contributed by atoms with E-state index in [1.807, 2.05) is 6.92 Å². The number of carbonyl (C=O) groups excluding carboxylic acids is 1. The van der Waals surface area contributed by atoms with Crippen LogP contribution in [0.2, 0.25) is 0 Å². The predicted octanol–water partition coefficient (Wildman–Crippen LogP) is 2.56. The fourth-order valence-corrected chi connectivity index (χ4v) is 2.80. The van der Waals surface area contributed by atoms with Crippen LogP contribution in [-0.4, -0.2) is 18.5 Å². The summed E-state index contributed by atoms with van der Waals surface area (Å²) in [6.07, 6.45) is 7.20. The second-order valence-corrected chi connectivity index (χ2v) is 4.71. The Kier molecular flexibility index (Phi) is 3.22. The summed E-state index contributed by atoms with van der Waals surface area (Å²) in [6.45, 7) is 2.82. The largest absolute Gasteiger partial charge is 0.378 e. The van der Waals surface area contributed by atoms with E-state index in [0.717, 1.165) is 25.9 Å².